The summed E-state index contributed by atoms with van der Waals surface area (Å²) < 4.78 is 0. The molecule has 0 N–H and O–H groups in total. The Morgan fingerprint density at radius 3 is 1.25 bits per heavy atom. The van der Waals surface area contributed by atoms with Crippen molar-refractivity contribution in [3.8, 4) is 0 Å². The molecule has 0 radical (unpaired) electrons. The molecule has 0 aromatic rings. The van der Waals surface area contributed by atoms with Gasteiger partial charge in [-0.1, -0.05) is 0 Å². The number of rotatable bonds is 0. The molecule has 0 aliphatic rings. The monoisotopic (exact) mass is 256 g/mol. The van der Waals surface area contributed by atoms with E-state index in [1.54, 1.807) is 0 Å². The van der Waals surface area contributed by atoms with E-state index in [0.29, 0.717) is 0 Å². The standard InChI is InChI=1S/Ag.BrH.ClH.H2S/h;2*1H;1H2/q+1;;;/p-1. The molecule has 0 aliphatic carbocycles. The Hall–Kier alpha value is 1.86. The summed E-state index contributed by atoms with van der Waals surface area (Å²) in [5.74, 6) is 0. The zero-order chi connectivity index (χ0) is 2.00. The molecule has 0 spiro atoms. The van der Waals surface area contributed by atoms with E-state index >= 15 is 0 Å². The van der Waals surface area contributed by atoms with Gasteiger partial charge in [-0.25, -0.2) is 0 Å². The minimum atomic E-state index is 0. The van der Waals surface area contributed by atoms with Crippen LogP contribution in [0.5, 0.6) is 0 Å². The van der Waals surface area contributed by atoms with Crippen LogP contribution in [0.2, 0.25) is 0 Å². The van der Waals surface area contributed by atoms with Crippen LogP contribution < -0.4 is 0 Å². The minimum absolute atomic E-state index is 0. The molecule has 0 aromatic heterocycles. The molecule has 0 unspecified atom stereocenters. The zero-order valence-electron chi connectivity index (χ0n) is 1.59. The fourth-order valence-electron chi connectivity index (χ4n) is 0. The predicted octanol–water partition coefficient (Wildman–Crippen LogP) is 1.38. The maximum atomic E-state index is 2.76. The second kappa shape index (κ2) is 20.9. The Morgan fingerprint density at radius 1 is 1.25 bits per heavy atom. The summed E-state index contributed by atoms with van der Waals surface area (Å²) in [5.41, 5.74) is 0. The Morgan fingerprint density at radius 2 is 1.25 bits per heavy atom. The van der Waals surface area contributed by atoms with Crippen LogP contribution in [0.4, 0.5) is 0 Å². The van der Waals surface area contributed by atoms with Crippen LogP contribution in [-0.4, -0.2) is 0 Å². The van der Waals surface area contributed by atoms with E-state index in [4.69, 9.17) is 0 Å². The predicted molar refractivity (Wildman–Crippen MR) is 26.6 cm³/mol. The van der Waals surface area contributed by atoms with Crippen LogP contribution in [0.15, 0.2) is 0 Å². The first-order chi connectivity index (χ1) is 1.00. The van der Waals surface area contributed by atoms with Crippen LogP contribution >= 0.6 is 38.9 Å². The van der Waals surface area contributed by atoms with Crippen LogP contribution in [0.3, 0.4) is 0 Å². The van der Waals surface area contributed by atoms with E-state index in [2.05, 4.69) is 32.0 Å². The molecule has 4 heavy (non-hydrogen) atoms. The van der Waals surface area contributed by atoms with Gasteiger partial charge in [-0.3, -0.25) is 0 Å². The van der Waals surface area contributed by atoms with Crippen molar-refractivity contribution in [2.75, 3.05) is 0 Å². The fraction of sp³-hybridized carbons (Fsp3) is 0. The molecule has 0 heterocycles. The second-order valence-corrected chi connectivity index (χ2v) is 0. The van der Waals surface area contributed by atoms with Gasteiger partial charge < -0.3 is 0 Å². The Balaban J connectivity index is -0.00000000500. The molecule has 4 heteroatoms. The second-order valence-electron chi connectivity index (χ2n) is 0. The van der Waals surface area contributed by atoms with E-state index in [1.165, 1.54) is 0 Å². The van der Waals surface area contributed by atoms with E-state index in [1.807, 2.05) is 0 Å². The average molecular weight is 258 g/mol. The third-order valence-electron chi connectivity index (χ3n) is 0. The zero-order valence-corrected chi connectivity index (χ0v) is 6.47. The van der Waals surface area contributed by atoms with Crippen molar-refractivity contribution in [2.24, 2.45) is 0 Å². The molecule has 0 rings (SSSR count). The fourth-order valence-corrected chi connectivity index (χ4v) is 0. The average Bonchev–Trinajstić information content (AvgIpc) is 1.00. The van der Waals surface area contributed by atoms with Crippen molar-refractivity contribution in [1.29, 1.82) is 0 Å². The first-order valence-electron chi connectivity index (χ1n) is 0.114. The molecule has 0 nitrogen and oxygen atoms in total. The molecule has 0 fully saturated rings. The van der Waals surface area contributed by atoms with Crippen LogP contribution in [0.25, 0.3) is 0 Å². The normalized spacial score (nSPS) is 1.75. The van der Waals surface area contributed by atoms with Crippen molar-refractivity contribution >= 4 is 38.9 Å². The summed E-state index contributed by atoms with van der Waals surface area (Å²) in [6, 6.07) is 0. The maximum absolute atomic E-state index is 2.76. The molecular weight excluding hydrogens is 255 g/mol. The van der Waals surface area contributed by atoms with Crippen molar-refractivity contribution < 1.29 is 18.9 Å². The molecular formula is H3AgBrClS. The Labute approximate surface area is 57.5 Å². The third kappa shape index (κ3) is 9.13. The van der Waals surface area contributed by atoms with Crippen molar-refractivity contribution in [3.05, 3.63) is 0 Å². The summed E-state index contributed by atoms with van der Waals surface area (Å²) >= 11 is 5.51. The molecule has 0 aliphatic heterocycles. The van der Waals surface area contributed by atoms with Crippen LogP contribution in [0, 0.1) is 0 Å². The SMILES string of the molecule is Cl.S.[Br][Ag]. The summed E-state index contributed by atoms with van der Waals surface area (Å²) in [5, 5.41) is 0. The van der Waals surface area contributed by atoms with Gasteiger partial charge in [0.1, 0.15) is 0 Å². The van der Waals surface area contributed by atoms with Crippen LogP contribution in [0.1, 0.15) is 0 Å². The quantitative estimate of drug-likeness (QED) is 0.576. The van der Waals surface area contributed by atoms with Gasteiger partial charge in [-0.2, -0.15) is 13.5 Å². The van der Waals surface area contributed by atoms with Crippen molar-refractivity contribution in [2.45, 2.75) is 0 Å². The van der Waals surface area contributed by atoms with Gasteiger partial charge in [0.05, 0.1) is 0 Å². The van der Waals surface area contributed by atoms with Crippen molar-refractivity contribution in [3.63, 3.8) is 0 Å². The summed E-state index contributed by atoms with van der Waals surface area (Å²) in [4.78, 5) is 0. The van der Waals surface area contributed by atoms with Gasteiger partial charge in [0.15, 0.2) is 0 Å². The van der Waals surface area contributed by atoms with Gasteiger partial charge in [-0.15, -0.1) is 12.4 Å². The number of hydrogen-bond donors (Lipinski definition) is 0. The summed E-state index contributed by atoms with van der Waals surface area (Å²) in [7, 11) is 0. The van der Waals surface area contributed by atoms with Gasteiger partial charge in [0, 0.05) is 0 Å². The van der Waals surface area contributed by atoms with E-state index < -0.39 is 0 Å². The molecule has 0 atom stereocenters. The van der Waals surface area contributed by atoms with Crippen LogP contribution in [-0.2, 0) is 18.9 Å². The summed E-state index contributed by atoms with van der Waals surface area (Å²) in [6.07, 6.45) is 0. The molecule has 0 bridgehead atoms. The first-order valence-corrected chi connectivity index (χ1v) is 3.50. The molecule has 0 saturated carbocycles. The van der Waals surface area contributed by atoms with E-state index in [9.17, 15) is 0 Å². The molecule has 34 valence electrons. The number of hydrogen-bond acceptors (Lipinski definition) is 0. The van der Waals surface area contributed by atoms with Gasteiger partial charge >= 0.3 is 32.0 Å². The summed E-state index contributed by atoms with van der Waals surface area (Å²) in [6.45, 7) is 0. The Kier molecular flexibility index (Phi) is 88.5. The van der Waals surface area contributed by atoms with Gasteiger partial charge in [0.25, 0.3) is 0 Å². The Bertz CT molecular complexity index is 8.00. The van der Waals surface area contributed by atoms with Crippen molar-refractivity contribution in [1.82, 2.24) is 0 Å². The molecule has 0 aromatic carbocycles. The molecule has 0 saturated heterocycles. The topological polar surface area (TPSA) is 0 Å². The van der Waals surface area contributed by atoms with E-state index in [-0.39, 0.29) is 25.9 Å². The first kappa shape index (κ1) is 16.9. The van der Waals surface area contributed by atoms with Gasteiger partial charge in [-0.05, 0) is 0 Å². The van der Waals surface area contributed by atoms with Gasteiger partial charge in [0.2, 0.25) is 0 Å². The third-order valence-corrected chi connectivity index (χ3v) is 0. The van der Waals surface area contributed by atoms with E-state index in [0.717, 1.165) is 0 Å². The molecule has 0 amide bonds. The number of halogens is 2.